The van der Waals surface area contributed by atoms with Crippen molar-refractivity contribution in [2.24, 2.45) is 11.7 Å². The van der Waals surface area contributed by atoms with Crippen LogP contribution in [0.5, 0.6) is 0 Å². The molecule has 3 heteroatoms. The van der Waals surface area contributed by atoms with E-state index < -0.39 is 6.04 Å². The molecule has 1 aromatic carbocycles. The van der Waals surface area contributed by atoms with Gasteiger partial charge >= 0.3 is 0 Å². The minimum absolute atomic E-state index is 0.00981. The van der Waals surface area contributed by atoms with Gasteiger partial charge in [-0.3, -0.25) is 4.79 Å². The average Bonchev–Trinajstić information content (AvgIpc) is 3.20. The van der Waals surface area contributed by atoms with Crippen molar-refractivity contribution in [2.45, 2.75) is 31.8 Å². The van der Waals surface area contributed by atoms with E-state index in [0.29, 0.717) is 12.0 Å². The van der Waals surface area contributed by atoms with Crippen molar-refractivity contribution in [1.29, 1.82) is 0 Å². The van der Waals surface area contributed by atoms with Gasteiger partial charge in [0.05, 0.1) is 0 Å². The Hall–Kier alpha value is -1.35. The number of amides is 1. The molecule has 3 nitrogen and oxygen atoms in total. The minimum atomic E-state index is -0.539. The van der Waals surface area contributed by atoms with Crippen molar-refractivity contribution in [3.63, 3.8) is 0 Å². The number of likely N-dealkylation sites (N-methyl/N-ethyl adjacent to an activating group) is 1. The van der Waals surface area contributed by atoms with E-state index in [1.54, 1.807) is 4.90 Å². The van der Waals surface area contributed by atoms with Crippen LogP contribution in [0.2, 0.25) is 0 Å². The van der Waals surface area contributed by atoms with Crippen LogP contribution in [0, 0.1) is 5.92 Å². The van der Waals surface area contributed by atoms with Gasteiger partial charge in [-0.25, -0.2) is 0 Å². The third-order valence-electron chi connectivity index (χ3n) is 3.69. The van der Waals surface area contributed by atoms with E-state index in [1.807, 2.05) is 37.4 Å². The monoisotopic (exact) mass is 232 g/mol. The standard InChI is InChI=1S/C14H20N2O/c1-10(11-8-9-11)16(2)14(17)13(15)12-6-4-3-5-7-12/h3-7,10-11,13H,8-9,15H2,1-2H3/t10?,13-/m1/s1. The highest BCUT2D eigenvalue weighted by Crippen LogP contribution is 2.35. The lowest BCUT2D eigenvalue weighted by Crippen LogP contribution is -2.42. The maximum Gasteiger partial charge on any atom is 0.244 e. The lowest BCUT2D eigenvalue weighted by Gasteiger charge is -2.27. The fourth-order valence-electron chi connectivity index (χ4n) is 2.12. The molecular formula is C14H20N2O. The van der Waals surface area contributed by atoms with Gasteiger partial charge in [-0.15, -0.1) is 0 Å². The maximum absolute atomic E-state index is 12.2. The predicted octanol–water partition coefficient (Wildman–Crippen LogP) is 1.94. The largest absolute Gasteiger partial charge is 0.341 e. The van der Waals surface area contributed by atoms with Crippen LogP contribution in [-0.4, -0.2) is 23.9 Å². The van der Waals surface area contributed by atoms with Gasteiger partial charge in [-0.1, -0.05) is 30.3 Å². The number of benzene rings is 1. The van der Waals surface area contributed by atoms with E-state index in [0.717, 1.165) is 5.56 Å². The molecule has 0 radical (unpaired) electrons. The van der Waals surface area contributed by atoms with Gasteiger partial charge in [0.1, 0.15) is 6.04 Å². The van der Waals surface area contributed by atoms with Crippen molar-refractivity contribution < 1.29 is 4.79 Å². The number of nitrogens with zero attached hydrogens (tertiary/aromatic N) is 1. The van der Waals surface area contributed by atoms with Gasteiger partial charge in [0, 0.05) is 13.1 Å². The summed E-state index contributed by atoms with van der Waals surface area (Å²) < 4.78 is 0. The lowest BCUT2D eigenvalue weighted by molar-refractivity contribution is -0.133. The van der Waals surface area contributed by atoms with Gasteiger partial charge in [-0.2, -0.15) is 0 Å². The van der Waals surface area contributed by atoms with Crippen LogP contribution < -0.4 is 5.73 Å². The van der Waals surface area contributed by atoms with Crippen LogP contribution in [0.4, 0.5) is 0 Å². The van der Waals surface area contributed by atoms with E-state index in [4.69, 9.17) is 5.73 Å². The van der Waals surface area contributed by atoms with Gasteiger partial charge < -0.3 is 10.6 Å². The molecule has 92 valence electrons. The van der Waals surface area contributed by atoms with Crippen LogP contribution in [0.15, 0.2) is 30.3 Å². The maximum atomic E-state index is 12.2. The molecule has 0 heterocycles. The second-order valence-electron chi connectivity index (χ2n) is 4.92. The van der Waals surface area contributed by atoms with E-state index >= 15 is 0 Å². The number of hydrogen-bond acceptors (Lipinski definition) is 2. The summed E-state index contributed by atoms with van der Waals surface area (Å²) in [5.41, 5.74) is 6.89. The predicted molar refractivity (Wildman–Crippen MR) is 68.3 cm³/mol. The molecule has 1 fully saturated rings. The smallest absolute Gasteiger partial charge is 0.244 e. The Morgan fingerprint density at radius 2 is 1.94 bits per heavy atom. The Labute approximate surface area is 103 Å². The molecule has 1 saturated carbocycles. The number of hydrogen-bond donors (Lipinski definition) is 1. The molecule has 17 heavy (non-hydrogen) atoms. The second kappa shape index (κ2) is 4.88. The molecule has 1 aromatic rings. The molecule has 1 aliphatic carbocycles. The Bertz CT molecular complexity index is 386. The zero-order valence-electron chi connectivity index (χ0n) is 10.5. The number of carbonyl (C=O) groups excluding carboxylic acids is 1. The summed E-state index contributed by atoms with van der Waals surface area (Å²) >= 11 is 0. The van der Waals surface area contributed by atoms with Crippen LogP contribution in [0.1, 0.15) is 31.4 Å². The van der Waals surface area contributed by atoms with Gasteiger partial charge in [0.2, 0.25) is 5.91 Å². The Balaban J connectivity index is 2.03. The van der Waals surface area contributed by atoms with Crippen molar-refractivity contribution in [1.82, 2.24) is 4.90 Å². The summed E-state index contributed by atoms with van der Waals surface area (Å²) in [6, 6.07) is 9.31. The summed E-state index contributed by atoms with van der Waals surface area (Å²) in [4.78, 5) is 14.0. The first-order valence-electron chi connectivity index (χ1n) is 6.18. The molecule has 1 aliphatic rings. The molecule has 2 N–H and O–H groups in total. The van der Waals surface area contributed by atoms with Crippen molar-refractivity contribution in [2.75, 3.05) is 7.05 Å². The molecule has 0 aliphatic heterocycles. The first kappa shape index (κ1) is 12.1. The Morgan fingerprint density at radius 3 is 2.47 bits per heavy atom. The van der Waals surface area contributed by atoms with Crippen LogP contribution in [0.25, 0.3) is 0 Å². The van der Waals surface area contributed by atoms with Gasteiger partial charge in [0.25, 0.3) is 0 Å². The highest BCUT2D eigenvalue weighted by Gasteiger charge is 2.34. The van der Waals surface area contributed by atoms with Gasteiger partial charge in [-0.05, 0) is 31.2 Å². The summed E-state index contributed by atoms with van der Waals surface area (Å²) in [5, 5.41) is 0. The van der Waals surface area contributed by atoms with Crippen molar-refractivity contribution >= 4 is 5.91 Å². The molecule has 1 amide bonds. The first-order valence-corrected chi connectivity index (χ1v) is 6.18. The van der Waals surface area contributed by atoms with Crippen molar-refractivity contribution in [3.05, 3.63) is 35.9 Å². The minimum Gasteiger partial charge on any atom is -0.341 e. The molecule has 0 spiro atoms. The van der Waals surface area contributed by atoms with E-state index in [1.165, 1.54) is 12.8 Å². The summed E-state index contributed by atoms with van der Waals surface area (Å²) in [6.45, 7) is 2.10. The summed E-state index contributed by atoms with van der Waals surface area (Å²) in [6.07, 6.45) is 2.47. The van der Waals surface area contributed by atoms with Crippen LogP contribution in [-0.2, 0) is 4.79 Å². The number of nitrogens with two attached hydrogens (primary N) is 1. The summed E-state index contributed by atoms with van der Waals surface area (Å²) in [7, 11) is 1.86. The zero-order chi connectivity index (χ0) is 12.4. The number of rotatable bonds is 4. The van der Waals surface area contributed by atoms with Gasteiger partial charge in [0.15, 0.2) is 0 Å². The Kier molecular flexibility index (Phi) is 3.48. The molecule has 2 atom stereocenters. The topological polar surface area (TPSA) is 46.3 Å². The molecule has 1 unspecified atom stereocenters. The third-order valence-corrected chi connectivity index (χ3v) is 3.69. The fraction of sp³-hybridized carbons (Fsp3) is 0.500. The van der Waals surface area contributed by atoms with E-state index in [-0.39, 0.29) is 5.91 Å². The normalized spacial score (nSPS) is 18.5. The van der Waals surface area contributed by atoms with Crippen LogP contribution in [0.3, 0.4) is 0 Å². The molecule has 0 bridgehead atoms. The fourth-order valence-corrected chi connectivity index (χ4v) is 2.12. The second-order valence-corrected chi connectivity index (χ2v) is 4.92. The van der Waals surface area contributed by atoms with E-state index in [9.17, 15) is 4.79 Å². The highest BCUT2D eigenvalue weighted by molar-refractivity contribution is 5.83. The Morgan fingerprint density at radius 1 is 1.35 bits per heavy atom. The zero-order valence-corrected chi connectivity index (χ0v) is 10.5. The average molecular weight is 232 g/mol. The summed E-state index contributed by atoms with van der Waals surface area (Å²) in [5.74, 6) is 0.683. The van der Waals surface area contributed by atoms with Crippen LogP contribution >= 0.6 is 0 Å². The number of carbonyl (C=O) groups is 1. The van der Waals surface area contributed by atoms with E-state index in [2.05, 4.69) is 6.92 Å². The highest BCUT2D eigenvalue weighted by atomic mass is 16.2. The first-order chi connectivity index (χ1) is 8.11. The van der Waals surface area contributed by atoms with Crippen molar-refractivity contribution in [3.8, 4) is 0 Å². The quantitative estimate of drug-likeness (QED) is 0.862. The molecular weight excluding hydrogens is 212 g/mol. The molecule has 0 saturated heterocycles. The lowest BCUT2D eigenvalue weighted by atomic mass is 10.1. The molecule has 2 rings (SSSR count). The molecule has 0 aromatic heterocycles. The SMILES string of the molecule is CC(C1CC1)N(C)C(=O)[C@H](N)c1ccccc1. The third kappa shape index (κ3) is 2.67.